The van der Waals surface area contributed by atoms with Crippen molar-refractivity contribution in [2.45, 2.75) is 65.1 Å². The Morgan fingerprint density at radius 2 is 1.65 bits per heavy atom. The molecule has 10 heteroatoms. The van der Waals surface area contributed by atoms with E-state index >= 15 is 0 Å². The summed E-state index contributed by atoms with van der Waals surface area (Å²) in [4.78, 5) is 47.5. The minimum absolute atomic E-state index is 0.0667. The number of amides is 2. The van der Waals surface area contributed by atoms with Crippen molar-refractivity contribution in [2.24, 2.45) is 5.92 Å². The lowest BCUT2D eigenvalue weighted by Crippen LogP contribution is -2.53. The number of methoxy groups -OCH3 is 1. The number of rotatable bonds is 9. The number of hydrogen-bond acceptors (Lipinski definition) is 7. The van der Waals surface area contributed by atoms with Crippen LogP contribution in [0.2, 0.25) is 0 Å². The molecule has 10 nitrogen and oxygen atoms in total. The highest BCUT2D eigenvalue weighted by Crippen LogP contribution is 2.14. The van der Waals surface area contributed by atoms with Gasteiger partial charge in [-0.25, -0.2) is 9.59 Å². The van der Waals surface area contributed by atoms with Crippen LogP contribution in [0.15, 0.2) is 24.3 Å². The Balaban J connectivity index is 2.95. The Labute approximate surface area is 181 Å². The minimum atomic E-state index is -1.03. The average molecular weight is 437 g/mol. The quantitative estimate of drug-likeness (QED) is 0.344. The van der Waals surface area contributed by atoms with Gasteiger partial charge in [-0.05, 0) is 38.7 Å². The zero-order valence-electron chi connectivity index (χ0n) is 18.8. The van der Waals surface area contributed by atoms with E-state index in [0.717, 1.165) is 0 Å². The lowest BCUT2D eigenvalue weighted by molar-refractivity contribution is -0.384. The molecule has 0 aliphatic carbocycles. The fraction of sp³-hybridized carbons (Fsp3) is 0.571. The van der Waals surface area contributed by atoms with Crippen LogP contribution in [0.4, 0.5) is 10.5 Å². The van der Waals surface area contributed by atoms with E-state index in [0.29, 0.717) is 12.0 Å². The van der Waals surface area contributed by atoms with Gasteiger partial charge in [-0.3, -0.25) is 14.9 Å². The van der Waals surface area contributed by atoms with Gasteiger partial charge < -0.3 is 20.1 Å². The molecule has 0 aliphatic rings. The Morgan fingerprint density at radius 3 is 2.10 bits per heavy atom. The summed E-state index contributed by atoms with van der Waals surface area (Å²) >= 11 is 0. The van der Waals surface area contributed by atoms with Crippen LogP contribution < -0.4 is 10.6 Å². The van der Waals surface area contributed by atoms with Crippen molar-refractivity contribution in [3.05, 3.63) is 39.9 Å². The van der Waals surface area contributed by atoms with Crippen LogP contribution in [0.1, 0.15) is 46.6 Å². The topological polar surface area (TPSA) is 137 Å². The molecule has 0 saturated heterocycles. The third-order valence-corrected chi connectivity index (χ3v) is 4.10. The van der Waals surface area contributed by atoms with Crippen LogP contribution in [0.3, 0.4) is 0 Å². The summed E-state index contributed by atoms with van der Waals surface area (Å²) < 4.78 is 10.0. The summed E-state index contributed by atoms with van der Waals surface area (Å²) in [5, 5.41) is 16.0. The molecule has 0 radical (unpaired) electrons. The van der Waals surface area contributed by atoms with Gasteiger partial charge in [0, 0.05) is 18.6 Å². The number of nitrogens with zero attached hydrogens (tertiary/aromatic N) is 1. The molecule has 0 aromatic heterocycles. The number of hydrogen-bond donors (Lipinski definition) is 2. The van der Waals surface area contributed by atoms with E-state index in [-0.39, 0.29) is 18.0 Å². The number of ether oxygens (including phenoxy) is 2. The van der Waals surface area contributed by atoms with Crippen molar-refractivity contribution in [1.29, 1.82) is 0 Å². The first kappa shape index (κ1) is 25.9. The molecular weight excluding hydrogens is 406 g/mol. The van der Waals surface area contributed by atoms with E-state index in [2.05, 4.69) is 10.6 Å². The Morgan fingerprint density at radius 1 is 1.06 bits per heavy atom. The molecule has 0 heterocycles. The molecule has 0 fully saturated rings. The van der Waals surface area contributed by atoms with Crippen LogP contribution in [-0.2, 0) is 25.5 Å². The van der Waals surface area contributed by atoms with E-state index in [1.165, 1.54) is 31.4 Å². The molecule has 0 spiro atoms. The first-order chi connectivity index (χ1) is 14.3. The lowest BCUT2D eigenvalue weighted by atomic mass is 10.0. The summed E-state index contributed by atoms with van der Waals surface area (Å²) in [6, 6.07) is 3.69. The maximum atomic E-state index is 12.9. The predicted molar refractivity (Wildman–Crippen MR) is 113 cm³/mol. The number of nitrogens with one attached hydrogen (secondary N) is 2. The molecule has 0 unspecified atom stereocenters. The standard InChI is InChI=1S/C21H31N3O7/c1-13(2)11-16(23-20(27)31-21(3,4)5)18(25)22-17(19(26)30-6)12-14-7-9-15(10-8-14)24(28)29/h7-10,13,16-17H,11-12H2,1-6H3,(H,22,25)(H,23,27)/t16-,17+/m1/s1. The van der Waals surface area contributed by atoms with Crippen molar-refractivity contribution < 1.29 is 28.8 Å². The third kappa shape index (κ3) is 9.45. The average Bonchev–Trinajstić information content (AvgIpc) is 2.64. The van der Waals surface area contributed by atoms with E-state index in [4.69, 9.17) is 9.47 Å². The van der Waals surface area contributed by atoms with Gasteiger partial charge in [0.25, 0.3) is 5.69 Å². The minimum Gasteiger partial charge on any atom is -0.467 e. The lowest BCUT2D eigenvalue weighted by Gasteiger charge is -2.25. The highest BCUT2D eigenvalue weighted by atomic mass is 16.6. The van der Waals surface area contributed by atoms with E-state index < -0.39 is 40.6 Å². The monoisotopic (exact) mass is 437 g/mol. The molecule has 2 N–H and O–H groups in total. The second kappa shape index (κ2) is 11.3. The largest absolute Gasteiger partial charge is 0.467 e. The number of esters is 1. The number of nitro groups is 1. The van der Waals surface area contributed by atoms with Crippen molar-refractivity contribution in [1.82, 2.24) is 10.6 Å². The number of benzene rings is 1. The maximum Gasteiger partial charge on any atom is 0.408 e. The van der Waals surface area contributed by atoms with E-state index in [1.54, 1.807) is 20.8 Å². The van der Waals surface area contributed by atoms with Crippen LogP contribution in [0, 0.1) is 16.0 Å². The molecule has 0 bridgehead atoms. The molecule has 0 saturated carbocycles. The highest BCUT2D eigenvalue weighted by molar-refractivity contribution is 5.89. The van der Waals surface area contributed by atoms with Gasteiger partial charge in [0.2, 0.25) is 5.91 Å². The van der Waals surface area contributed by atoms with Gasteiger partial charge in [0.1, 0.15) is 17.7 Å². The molecule has 2 atom stereocenters. The van der Waals surface area contributed by atoms with Crippen LogP contribution >= 0.6 is 0 Å². The summed E-state index contributed by atoms with van der Waals surface area (Å²) in [6.07, 6.45) is -0.341. The summed E-state index contributed by atoms with van der Waals surface area (Å²) in [6.45, 7) is 8.92. The summed E-state index contributed by atoms with van der Waals surface area (Å²) in [5.74, 6) is -1.15. The third-order valence-electron chi connectivity index (χ3n) is 4.10. The van der Waals surface area contributed by atoms with Gasteiger partial charge in [-0.2, -0.15) is 0 Å². The van der Waals surface area contributed by atoms with Gasteiger partial charge in [-0.15, -0.1) is 0 Å². The summed E-state index contributed by atoms with van der Waals surface area (Å²) in [7, 11) is 1.20. The smallest absolute Gasteiger partial charge is 0.408 e. The van der Waals surface area contributed by atoms with Gasteiger partial charge in [0.15, 0.2) is 0 Å². The first-order valence-electron chi connectivity index (χ1n) is 9.93. The Bertz CT molecular complexity index is 785. The van der Waals surface area contributed by atoms with Crippen molar-refractivity contribution in [2.75, 3.05) is 7.11 Å². The van der Waals surface area contributed by atoms with Crippen molar-refractivity contribution in [3.8, 4) is 0 Å². The zero-order chi connectivity index (χ0) is 23.8. The zero-order valence-corrected chi connectivity index (χ0v) is 18.8. The number of carbonyl (C=O) groups excluding carboxylic acids is 3. The number of alkyl carbamates (subject to hydrolysis) is 1. The fourth-order valence-electron chi connectivity index (χ4n) is 2.75. The predicted octanol–water partition coefficient (Wildman–Crippen LogP) is 2.73. The second-order valence-electron chi connectivity index (χ2n) is 8.54. The van der Waals surface area contributed by atoms with Crippen molar-refractivity contribution in [3.63, 3.8) is 0 Å². The Kier molecular flexibility index (Phi) is 9.41. The van der Waals surface area contributed by atoms with Crippen molar-refractivity contribution >= 4 is 23.7 Å². The molecule has 0 aliphatic heterocycles. The fourth-order valence-corrected chi connectivity index (χ4v) is 2.75. The normalized spacial score (nSPS) is 13.1. The Hall–Kier alpha value is -3.17. The molecule has 1 rings (SSSR count). The summed E-state index contributed by atoms with van der Waals surface area (Å²) in [5.41, 5.74) is -0.212. The first-order valence-corrected chi connectivity index (χ1v) is 9.93. The molecule has 2 amide bonds. The molecule has 31 heavy (non-hydrogen) atoms. The molecular formula is C21H31N3O7. The SMILES string of the molecule is COC(=O)[C@H](Cc1ccc([N+](=O)[O-])cc1)NC(=O)[C@@H](CC(C)C)NC(=O)OC(C)(C)C. The van der Waals surface area contributed by atoms with E-state index in [1.807, 2.05) is 13.8 Å². The molecule has 1 aromatic carbocycles. The van der Waals surface area contributed by atoms with Gasteiger partial charge >= 0.3 is 12.1 Å². The van der Waals surface area contributed by atoms with Crippen LogP contribution in [0.5, 0.6) is 0 Å². The molecule has 172 valence electrons. The highest BCUT2D eigenvalue weighted by Gasteiger charge is 2.29. The number of non-ortho nitro benzene ring substituents is 1. The molecule has 1 aromatic rings. The van der Waals surface area contributed by atoms with Crippen LogP contribution in [0.25, 0.3) is 0 Å². The van der Waals surface area contributed by atoms with E-state index in [9.17, 15) is 24.5 Å². The van der Waals surface area contributed by atoms with Crippen LogP contribution in [-0.4, -0.2) is 47.7 Å². The van der Waals surface area contributed by atoms with Gasteiger partial charge in [0.05, 0.1) is 12.0 Å². The number of nitro benzene ring substituents is 1. The maximum absolute atomic E-state index is 12.9. The van der Waals surface area contributed by atoms with Gasteiger partial charge in [-0.1, -0.05) is 26.0 Å². The second-order valence-corrected chi connectivity index (χ2v) is 8.54. The number of carbonyl (C=O) groups is 3.